The van der Waals surface area contributed by atoms with E-state index in [0.29, 0.717) is 11.4 Å². The van der Waals surface area contributed by atoms with Crippen LogP contribution in [0.1, 0.15) is 5.56 Å². The Labute approximate surface area is 91.8 Å². The Morgan fingerprint density at radius 2 is 2.00 bits per heavy atom. The number of pyridine rings is 1. The van der Waals surface area contributed by atoms with Crippen LogP contribution in [0.4, 0.5) is 10.2 Å². The van der Waals surface area contributed by atoms with Crippen molar-refractivity contribution in [1.29, 1.82) is 0 Å². The lowest BCUT2D eigenvalue weighted by Crippen LogP contribution is -2.23. The number of hydrogen-bond donors (Lipinski definition) is 3. The third-order valence-electron chi connectivity index (χ3n) is 2.64. The molecule has 88 valence electrons. The summed E-state index contributed by atoms with van der Waals surface area (Å²) in [7, 11) is 0. The minimum Gasteiger partial charge on any atom is -0.392 e. The van der Waals surface area contributed by atoms with Gasteiger partial charge < -0.3 is 20.2 Å². The lowest BCUT2D eigenvalue weighted by molar-refractivity contribution is 0.0572. The molecule has 0 aliphatic carbocycles. The number of hydrogen-bond acceptors (Lipinski definition) is 5. The summed E-state index contributed by atoms with van der Waals surface area (Å²) in [4.78, 5) is 5.49. The molecule has 16 heavy (non-hydrogen) atoms. The molecule has 2 atom stereocenters. The highest BCUT2D eigenvalue weighted by molar-refractivity contribution is 5.48. The van der Waals surface area contributed by atoms with Gasteiger partial charge in [-0.3, -0.25) is 0 Å². The van der Waals surface area contributed by atoms with E-state index in [4.69, 9.17) is 5.11 Å². The van der Waals surface area contributed by atoms with E-state index in [-0.39, 0.29) is 19.7 Å². The smallest absolute Gasteiger partial charge is 0.142 e. The Kier molecular flexibility index (Phi) is 3.04. The van der Waals surface area contributed by atoms with Gasteiger partial charge in [0, 0.05) is 18.7 Å². The zero-order chi connectivity index (χ0) is 11.7. The van der Waals surface area contributed by atoms with Gasteiger partial charge in [-0.25, -0.2) is 9.37 Å². The standard InChI is InChI=1S/C10H13FN2O3/c11-7-1-6(5-14)10(12-2-7)13-3-8(15)9(16)4-13/h1-2,8-9,14-16H,3-5H2. The number of halogens is 1. The molecule has 2 heterocycles. The first-order valence-corrected chi connectivity index (χ1v) is 4.98. The van der Waals surface area contributed by atoms with Gasteiger partial charge in [0.1, 0.15) is 11.6 Å². The van der Waals surface area contributed by atoms with Crippen LogP contribution < -0.4 is 4.90 Å². The summed E-state index contributed by atoms with van der Waals surface area (Å²) >= 11 is 0. The molecule has 2 unspecified atom stereocenters. The quantitative estimate of drug-likeness (QED) is 0.621. The van der Waals surface area contributed by atoms with E-state index in [0.717, 1.165) is 6.20 Å². The van der Waals surface area contributed by atoms with Gasteiger partial charge >= 0.3 is 0 Å². The van der Waals surface area contributed by atoms with E-state index in [9.17, 15) is 14.6 Å². The van der Waals surface area contributed by atoms with Crippen molar-refractivity contribution >= 4 is 5.82 Å². The molecule has 6 heteroatoms. The molecule has 3 N–H and O–H groups in total. The number of aliphatic hydroxyl groups is 3. The van der Waals surface area contributed by atoms with Crippen LogP contribution in [0.3, 0.4) is 0 Å². The average Bonchev–Trinajstić information content (AvgIpc) is 2.59. The first-order chi connectivity index (χ1) is 7.61. The van der Waals surface area contributed by atoms with Crippen LogP contribution >= 0.6 is 0 Å². The molecule has 1 aliphatic heterocycles. The highest BCUT2D eigenvalue weighted by atomic mass is 19.1. The molecule has 0 spiro atoms. The van der Waals surface area contributed by atoms with Gasteiger partial charge in [0.25, 0.3) is 0 Å². The molecule has 1 saturated heterocycles. The second kappa shape index (κ2) is 4.32. The van der Waals surface area contributed by atoms with Crippen LogP contribution in [0, 0.1) is 5.82 Å². The van der Waals surface area contributed by atoms with Crippen molar-refractivity contribution in [2.45, 2.75) is 18.8 Å². The molecule has 2 rings (SSSR count). The summed E-state index contributed by atoms with van der Waals surface area (Å²) in [6.45, 7) is 0.127. The molecule has 1 fully saturated rings. The number of aromatic nitrogens is 1. The topological polar surface area (TPSA) is 76.8 Å². The lowest BCUT2D eigenvalue weighted by atomic mass is 10.2. The fraction of sp³-hybridized carbons (Fsp3) is 0.500. The molecular weight excluding hydrogens is 215 g/mol. The van der Waals surface area contributed by atoms with Gasteiger partial charge in [0.2, 0.25) is 0 Å². The van der Waals surface area contributed by atoms with Crippen molar-refractivity contribution in [1.82, 2.24) is 4.98 Å². The maximum absolute atomic E-state index is 12.9. The average molecular weight is 228 g/mol. The minimum absolute atomic E-state index is 0.229. The van der Waals surface area contributed by atoms with Crippen molar-refractivity contribution in [3.63, 3.8) is 0 Å². The second-order valence-electron chi connectivity index (χ2n) is 3.83. The third-order valence-corrected chi connectivity index (χ3v) is 2.64. The zero-order valence-corrected chi connectivity index (χ0v) is 8.54. The number of nitrogens with zero attached hydrogens (tertiary/aromatic N) is 2. The molecule has 1 aliphatic rings. The zero-order valence-electron chi connectivity index (χ0n) is 8.54. The van der Waals surface area contributed by atoms with Crippen LogP contribution in [0.15, 0.2) is 12.3 Å². The number of rotatable bonds is 2. The minimum atomic E-state index is -0.835. The van der Waals surface area contributed by atoms with Crippen LogP contribution in [-0.4, -0.2) is 45.6 Å². The monoisotopic (exact) mass is 228 g/mol. The molecule has 0 bridgehead atoms. The summed E-state index contributed by atoms with van der Waals surface area (Å²) in [5.41, 5.74) is 0.348. The van der Waals surface area contributed by atoms with E-state index >= 15 is 0 Å². The van der Waals surface area contributed by atoms with E-state index < -0.39 is 18.0 Å². The second-order valence-corrected chi connectivity index (χ2v) is 3.83. The van der Waals surface area contributed by atoms with E-state index in [1.165, 1.54) is 6.07 Å². The molecule has 0 aromatic carbocycles. The Morgan fingerprint density at radius 3 is 2.56 bits per heavy atom. The van der Waals surface area contributed by atoms with Gasteiger partial charge in [0.05, 0.1) is 25.0 Å². The van der Waals surface area contributed by atoms with Crippen molar-refractivity contribution in [2.75, 3.05) is 18.0 Å². The highest BCUT2D eigenvalue weighted by Gasteiger charge is 2.31. The Balaban J connectivity index is 2.27. The largest absolute Gasteiger partial charge is 0.392 e. The number of aliphatic hydroxyl groups excluding tert-OH is 3. The van der Waals surface area contributed by atoms with Crippen molar-refractivity contribution in [3.05, 3.63) is 23.6 Å². The summed E-state index contributed by atoms with van der Waals surface area (Å²) in [6, 6.07) is 1.19. The van der Waals surface area contributed by atoms with Crippen LogP contribution in [0.25, 0.3) is 0 Å². The van der Waals surface area contributed by atoms with Gasteiger partial charge in [0.15, 0.2) is 0 Å². The van der Waals surface area contributed by atoms with E-state index in [2.05, 4.69) is 4.98 Å². The first kappa shape index (κ1) is 11.3. The number of anilines is 1. The van der Waals surface area contributed by atoms with Crippen molar-refractivity contribution < 1.29 is 19.7 Å². The normalized spacial score (nSPS) is 25.1. The van der Waals surface area contributed by atoms with E-state index in [1.54, 1.807) is 4.90 Å². The SMILES string of the molecule is OCc1cc(F)cnc1N1CC(O)C(O)C1. The van der Waals surface area contributed by atoms with Gasteiger partial charge in [-0.2, -0.15) is 0 Å². The first-order valence-electron chi connectivity index (χ1n) is 4.98. The van der Waals surface area contributed by atoms with Crippen LogP contribution in [-0.2, 0) is 6.61 Å². The Morgan fingerprint density at radius 1 is 1.38 bits per heavy atom. The summed E-state index contributed by atoms with van der Waals surface area (Å²) in [6.07, 6.45) is -0.622. The molecule has 1 aromatic rings. The Hall–Kier alpha value is -1.24. The van der Waals surface area contributed by atoms with Crippen LogP contribution in [0.2, 0.25) is 0 Å². The van der Waals surface area contributed by atoms with E-state index in [1.807, 2.05) is 0 Å². The maximum atomic E-state index is 12.9. The summed E-state index contributed by atoms with van der Waals surface area (Å²) in [5, 5.41) is 27.9. The fourth-order valence-corrected chi connectivity index (χ4v) is 1.82. The van der Waals surface area contributed by atoms with Gasteiger partial charge in [-0.15, -0.1) is 0 Å². The third kappa shape index (κ3) is 1.99. The lowest BCUT2D eigenvalue weighted by Gasteiger charge is -2.19. The molecular formula is C10H13FN2O3. The molecule has 0 radical (unpaired) electrons. The van der Waals surface area contributed by atoms with Gasteiger partial charge in [-0.1, -0.05) is 0 Å². The molecule has 1 aromatic heterocycles. The number of β-amino-alcohol motifs (C(OH)–C–C–N with tert-alkyl or cyclic N) is 2. The predicted molar refractivity (Wildman–Crippen MR) is 54.3 cm³/mol. The summed E-state index contributed by atoms with van der Waals surface area (Å²) < 4.78 is 12.9. The molecule has 5 nitrogen and oxygen atoms in total. The predicted octanol–water partition coefficient (Wildman–Crippen LogP) is -0.745. The van der Waals surface area contributed by atoms with Crippen molar-refractivity contribution in [2.24, 2.45) is 0 Å². The molecule has 0 saturated carbocycles. The Bertz CT molecular complexity index is 378. The molecule has 0 amide bonds. The fourth-order valence-electron chi connectivity index (χ4n) is 1.82. The van der Waals surface area contributed by atoms with Crippen LogP contribution in [0.5, 0.6) is 0 Å². The van der Waals surface area contributed by atoms with Gasteiger partial charge in [-0.05, 0) is 6.07 Å². The van der Waals surface area contributed by atoms with Crippen molar-refractivity contribution in [3.8, 4) is 0 Å². The highest BCUT2D eigenvalue weighted by Crippen LogP contribution is 2.23. The maximum Gasteiger partial charge on any atom is 0.142 e. The summed E-state index contributed by atoms with van der Waals surface area (Å²) in [5.74, 6) is -0.118.